The molecule has 0 fully saturated rings. The number of aliphatic carboxylic acids is 1. The number of carboxylic acid groups (broad SMARTS) is 1. The highest BCUT2D eigenvalue weighted by Gasteiger charge is 2.25. The quantitative estimate of drug-likeness (QED) is 0.253. The number of nitrogens with two attached hydrogens (primary N) is 2. The van der Waals surface area contributed by atoms with E-state index in [0.717, 1.165) is 0 Å². The Morgan fingerprint density at radius 1 is 0.833 bits per heavy atom. The summed E-state index contributed by atoms with van der Waals surface area (Å²) >= 11 is 0. The highest BCUT2D eigenvalue weighted by atomic mass is 16.4. The van der Waals surface area contributed by atoms with Gasteiger partial charge < -0.3 is 32.5 Å². The van der Waals surface area contributed by atoms with Gasteiger partial charge in [-0.1, -0.05) is 0 Å². The van der Waals surface area contributed by atoms with Crippen molar-refractivity contribution in [3.8, 4) is 0 Å². The lowest BCUT2D eigenvalue weighted by atomic mass is 10.2. The lowest BCUT2D eigenvalue weighted by Gasteiger charge is -2.20. The maximum absolute atomic E-state index is 11.9. The van der Waals surface area contributed by atoms with Crippen LogP contribution in [-0.2, 0) is 24.0 Å². The molecule has 0 heterocycles. The number of rotatable bonds is 9. The molecule has 0 aromatic rings. The molecule has 0 bridgehead atoms. The summed E-state index contributed by atoms with van der Waals surface area (Å²) in [5, 5.41) is 15.5. The zero-order valence-electron chi connectivity index (χ0n) is 13.7. The molecule has 0 aliphatic rings. The van der Waals surface area contributed by atoms with E-state index in [9.17, 15) is 24.0 Å². The van der Waals surface area contributed by atoms with Crippen LogP contribution in [0.1, 0.15) is 27.2 Å². The van der Waals surface area contributed by atoms with E-state index in [1.807, 2.05) is 0 Å². The van der Waals surface area contributed by atoms with Gasteiger partial charge in [0.05, 0.1) is 12.5 Å². The van der Waals surface area contributed by atoms with E-state index in [0.29, 0.717) is 0 Å². The van der Waals surface area contributed by atoms with Crippen molar-refractivity contribution in [2.75, 3.05) is 0 Å². The van der Waals surface area contributed by atoms with Gasteiger partial charge in [-0.05, 0) is 20.8 Å². The fraction of sp³-hybridized carbons (Fsp3) is 0.615. The first kappa shape index (κ1) is 21.3. The van der Waals surface area contributed by atoms with Crippen LogP contribution >= 0.6 is 0 Å². The van der Waals surface area contributed by atoms with Crippen molar-refractivity contribution in [1.29, 1.82) is 0 Å². The maximum Gasteiger partial charge on any atom is 0.325 e. The minimum Gasteiger partial charge on any atom is -0.480 e. The number of nitrogens with one attached hydrogen (secondary N) is 3. The molecular formula is C13H23N5O6. The first-order chi connectivity index (χ1) is 11.0. The summed E-state index contributed by atoms with van der Waals surface area (Å²) in [5.74, 6) is -4.09. The number of hydrogen-bond acceptors (Lipinski definition) is 6. The Morgan fingerprint density at radius 3 is 1.58 bits per heavy atom. The second-order valence-electron chi connectivity index (χ2n) is 5.31. The Morgan fingerprint density at radius 2 is 1.21 bits per heavy atom. The van der Waals surface area contributed by atoms with Gasteiger partial charge in [0.1, 0.15) is 18.1 Å². The SMILES string of the molecule is C[C@H](NC(=O)[C@H](C)NC(=O)[C@H](C)NC(=O)[C@@H](N)CC(N)=O)C(=O)O. The molecule has 0 unspecified atom stereocenters. The minimum absolute atomic E-state index is 0.369. The van der Waals surface area contributed by atoms with Crippen LogP contribution < -0.4 is 27.4 Å². The number of primary amides is 1. The Bertz CT molecular complexity index is 523. The minimum atomic E-state index is -1.22. The number of hydrogen-bond donors (Lipinski definition) is 6. The van der Waals surface area contributed by atoms with Crippen LogP contribution in [0, 0.1) is 0 Å². The molecule has 0 aromatic carbocycles. The zero-order valence-corrected chi connectivity index (χ0v) is 13.7. The van der Waals surface area contributed by atoms with Gasteiger partial charge in [-0.25, -0.2) is 0 Å². The number of carbonyl (C=O) groups is 5. The van der Waals surface area contributed by atoms with E-state index in [-0.39, 0.29) is 6.42 Å². The normalized spacial score (nSPS) is 15.3. The Labute approximate surface area is 138 Å². The molecule has 136 valence electrons. The van der Waals surface area contributed by atoms with Crippen molar-refractivity contribution in [2.45, 2.75) is 51.4 Å². The molecule has 0 aromatic heterocycles. The summed E-state index contributed by atoms with van der Waals surface area (Å²) < 4.78 is 0. The number of carboxylic acids is 1. The van der Waals surface area contributed by atoms with Crippen molar-refractivity contribution in [2.24, 2.45) is 11.5 Å². The second kappa shape index (κ2) is 9.45. The third-order valence-corrected chi connectivity index (χ3v) is 2.99. The monoisotopic (exact) mass is 345 g/mol. The summed E-state index contributed by atoms with van der Waals surface area (Å²) in [7, 11) is 0. The second-order valence-corrected chi connectivity index (χ2v) is 5.31. The van der Waals surface area contributed by atoms with E-state index in [2.05, 4.69) is 16.0 Å². The summed E-state index contributed by atoms with van der Waals surface area (Å²) in [6, 6.07) is -4.34. The van der Waals surface area contributed by atoms with Crippen LogP contribution in [0.4, 0.5) is 0 Å². The third kappa shape index (κ3) is 7.54. The number of amides is 4. The van der Waals surface area contributed by atoms with E-state index in [4.69, 9.17) is 16.6 Å². The van der Waals surface area contributed by atoms with Gasteiger partial charge in [0.25, 0.3) is 0 Å². The predicted octanol–water partition coefficient (Wildman–Crippen LogP) is -3.21. The van der Waals surface area contributed by atoms with Crippen LogP contribution in [0.25, 0.3) is 0 Å². The molecule has 0 saturated heterocycles. The molecule has 0 rings (SSSR count). The molecule has 0 aliphatic carbocycles. The molecule has 0 aliphatic heterocycles. The molecule has 24 heavy (non-hydrogen) atoms. The fourth-order valence-electron chi connectivity index (χ4n) is 1.50. The van der Waals surface area contributed by atoms with Crippen LogP contribution in [0.3, 0.4) is 0 Å². The summed E-state index contributed by atoms with van der Waals surface area (Å²) in [4.78, 5) is 56.6. The van der Waals surface area contributed by atoms with Gasteiger partial charge in [0, 0.05) is 0 Å². The van der Waals surface area contributed by atoms with Crippen LogP contribution in [0.2, 0.25) is 0 Å². The number of carbonyl (C=O) groups excluding carboxylic acids is 4. The zero-order chi connectivity index (χ0) is 19.0. The van der Waals surface area contributed by atoms with Gasteiger partial charge in [0.15, 0.2) is 0 Å². The molecule has 11 heteroatoms. The van der Waals surface area contributed by atoms with Gasteiger partial charge in [-0.3, -0.25) is 24.0 Å². The largest absolute Gasteiger partial charge is 0.480 e. The van der Waals surface area contributed by atoms with Crippen LogP contribution in [0.15, 0.2) is 0 Å². The summed E-state index contributed by atoms with van der Waals surface area (Å²) in [6.45, 7) is 3.99. The average Bonchev–Trinajstić information content (AvgIpc) is 2.45. The standard InChI is InChI=1S/C13H23N5O6/c1-5(11(21)18-7(3)13(23)24)16-10(20)6(2)17-12(22)8(14)4-9(15)19/h5-8H,4,14H2,1-3H3,(H2,15,19)(H,16,20)(H,17,22)(H,18,21)(H,23,24)/t5-,6-,7-,8-/m0/s1. The average molecular weight is 345 g/mol. The van der Waals surface area contributed by atoms with Gasteiger partial charge >= 0.3 is 5.97 Å². The van der Waals surface area contributed by atoms with Gasteiger partial charge in [-0.15, -0.1) is 0 Å². The van der Waals surface area contributed by atoms with E-state index in [1.54, 1.807) is 0 Å². The van der Waals surface area contributed by atoms with E-state index < -0.39 is 53.8 Å². The maximum atomic E-state index is 11.9. The molecule has 4 amide bonds. The van der Waals surface area contributed by atoms with Gasteiger partial charge in [0.2, 0.25) is 23.6 Å². The highest BCUT2D eigenvalue weighted by molar-refractivity contribution is 5.94. The van der Waals surface area contributed by atoms with Crippen LogP contribution in [0.5, 0.6) is 0 Å². The molecule has 0 spiro atoms. The smallest absolute Gasteiger partial charge is 0.325 e. The predicted molar refractivity (Wildman–Crippen MR) is 82.2 cm³/mol. The lowest BCUT2D eigenvalue weighted by molar-refractivity contribution is -0.141. The van der Waals surface area contributed by atoms with E-state index >= 15 is 0 Å². The molecule has 8 N–H and O–H groups in total. The first-order valence-electron chi connectivity index (χ1n) is 7.13. The Balaban J connectivity index is 4.48. The summed E-state index contributed by atoms with van der Waals surface area (Å²) in [5.41, 5.74) is 10.4. The lowest BCUT2D eigenvalue weighted by Crippen LogP contribution is -2.55. The first-order valence-corrected chi connectivity index (χ1v) is 7.13. The van der Waals surface area contributed by atoms with Crippen molar-refractivity contribution >= 4 is 29.6 Å². The topological polar surface area (TPSA) is 194 Å². The summed E-state index contributed by atoms with van der Waals surface area (Å²) in [6.07, 6.45) is -0.369. The van der Waals surface area contributed by atoms with Crippen molar-refractivity contribution in [3.05, 3.63) is 0 Å². The molecule has 11 nitrogen and oxygen atoms in total. The Hall–Kier alpha value is -2.69. The van der Waals surface area contributed by atoms with Gasteiger partial charge in [-0.2, -0.15) is 0 Å². The molecule has 0 saturated carbocycles. The Kier molecular flexibility index (Phi) is 8.39. The van der Waals surface area contributed by atoms with Crippen LogP contribution in [-0.4, -0.2) is 58.9 Å². The third-order valence-electron chi connectivity index (χ3n) is 2.99. The molecular weight excluding hydrogens is 322 g/mol. The molecule has 0 radical (unpaired) electrons. The fourth-order valence-corrected chi connectivity index (χ4v) is 1.50. The molecule has 4 atom stereocenters. The van der Waals surface area contributed by atoms with Crippen molar-refractivity contribution in [3.63, 3.8) is 0 Å². The van der Waals surface area contributed by atoms with E-state index in [1.165, 1.54) is 20.8 Å². The van der Waals surface area contributed by atoms with Crippen molar-refractivity contribution in [1.82, 2.24) is 16.0 Å². The van der Waals surface area contributed by atoms with Crippen molar-refractivity contribution < 1.29 is 29.1 Å². The highest BCUT2D eigenvalue weighted by Crippen LogP contribution is 1.93.